The Labute approximate surface area is 397 Å². The zero-order valence-corrected chi connectivity index (χ0v) is 42.5. The second kappa shape index (κ2) is 43.8. The van der Waals surface area contributed by atoms with E-state index >= 15 is 0 Å². The summed E-state index contributed by atoms with van der Waals surface area (Å²) in [7, 11) is -5.03. The van der Waals surface area contributed by atoms with Gasteiger partial charge in [0.25, 0.3) is 0 Å². The van der Waals surface area contributed by atoms with Crippen molar-refractivity contribution in [2.75, 3.05) is 13.2 Å². The van der Waals surface area contributed by atoms with Crippen molar-refractivity contribution >= 4 is 22.1 Å². The van der Waals surface area contributed by atoms with Crippen molar-refractivity contribution in [2.45, 2.75) is 250 Å². The molecule has 0 aliphatic carbocycles. The fourth-order valence-electron chi connectivity index (χ4n) is 7.74. The minimum absolute atomic E-state index is 0. The minimum Gasteiger partial charge on any atom is -0.744 e. The van der Waals surface area contributed by atoms with E-state index in [-0.39, 0.29) is 48.3 Å². The molecule has 0 amide bonds. The summed E-state index contributed by atoms with van der Waals surface area (Å²) >= 11 is 0. The van der Waals surface area contributed by atoms with Crippen LogP contribution in [0, 0.1) is 0 Å². The first-order chi connectivity index (χ1) is 29.3. The van der Waals surface area contributed by atoms with Crippen LogP contribution in [0.2, 0.25) is 0 Å². The minimum atomic E-state index is -5.03. The molecule has 0 heterocycles. The molecule has 0 aromatic heterocycles. The Morgan fingerprint density at radius 1 is 0.459 bits per heavy atom. The normalized spacial score (nSPS) is 11.7. The van der Waals surface area contributed by atoms with Gasteiger partial charge in [0.15, 0.2) is 0 Å². The van der Waals surface area contributed by atoms with Gasteiger partial charge in [0.05, 0.1) is 29.2 Å². The molecule has 0 N–H and O–H groups in total. The summed E-state index contributed by atoms with van der Waals surface area (Å²) in [6, 6.07) is 3.59. The van der Waals surface area contributed by atoms with Crippen LogP contribution in [0.3, 0.4) is 0 Å². The molecule has 7 nitrogen and oxygen atoms in total. The van der Waals surface area contributed by atoms with Gasteiger partial charge in [0, 0.05) is 0 Å². The molecule has 346 valence electrons. The summed E-state index contributed by atoms with van der Waals surface area (Å²) in [5.41, 5.74) is -0.825. The molecule has 0 atom stereocenters. The van der Waals surface area contributed by atoms with Crippen LogP contribution in [0.1, 0.15) is 266 Å². The van der Waals surface area contributed by atoms with Crippen LogP contribution in [0.4, 0.5) is 0 Å². The van der Waals surface area contributed by atoms with Gasteiger partial charge in [-0.1, -0.05) is 224 Å². The van der Waals surface area contributed by atoms with E-state index in [2.05, 4.69) is 38.2 Å². The summed E-state index contributed by atoms with van der Waals surface area (Å²) in [6.07, 6.45) is 53.7. The van der Waals surface area contributed by atoms with E-state index in [9.17, 15) is 22.6 Å². The van der Waals surface area contributed by atoms with E-state index in [1.54, 1.807) is 0 Å². The molecule has 0 spiro atoms. The Kier molecular flexibility index (Phi) is 42.7. The molecule has 1 aromatic rings. The molecule has 1 aromatic carbocycles. The number of hydrogen-bond acceptors (Lipinski definition) is 7. The Bertz CT molecular complexity index is 1340. The number of rotatable bonds is 43. The molecule has 61 heavy (non-hydrogen) atoms. The third kappa shape index (κ3) is 35.6. The van der Waals surface area contributed by atoms with E-state index in [0.717, 1.165) is 25.3 Å². The van der Waals surface area contributed by atoms with Crippen molar-refractivity contribution < 1.29 is 61.6 Å². The first kappa shape index (κ1) is 59.5. The maximum absolute atomic E-state index is 13.0. The molecule has 0 aliphatic heterocycles. The number of unbranched alkanes of at least 4 members (excludes halogenated alkanes) is 32. The van der Waals surface area contributed by atoms with Crippen LogP contribution in [0.5, 0.6) is 0 Å². The maximum Gasteiger partial charge on any atom is 1.00 e. The molecule has 0 radical (unpaired) electrons. The Morgan fingerprint density at radius 3 is 1.08 bits per heavy atom. The maximum atomic E-state index is 13.0. The Morgan fingerprint density at radius 2 is 0.754 bits per heavy atom. The van der Waals surface area contributed by atoms with E-state index in [1.165, 1.54) is 205 Å². The molecule has 0 fully saturated rings. The number of carbonyl (C=O) groups is 2. The monoisotopic (exact) mass is 881 g/mol. The first-order valence-corrected chi connectivity index (χ1v) is 26.5. The average molecular weight is 881 g/mol. The number of hydrogen-bond donors (Lipinski definition) is 0. The van der Waals surface area contributed by atoms with E-state index in [4.69, 9.17) is 9.47 Å². The molecule has 0 unspecified atom stereocenters. The molecule has 0 saturated heterocycles. The van der Waals surface area contributed by atoms with Gasteiger partial charge >= 0.3 is 41.5 Å². The SMILES string of the molecule is CCCCCCCCCCCCCCCCC/C=C/CCCOC(=O)c1cccc(S(=O)(=O)[O-])c1C(=O)OCCC/C=C/CCCCCCCCCCCCCCCCC.[Na+]. The molecule has 0 bridgehead atoms. The summed E-state index contributed by atoms with van der Waals surface area (Å²) in [6.45, 7) is 4.69. The van der Waals surface area contributed by atoms with Crippen LogP contribution >= 0.6 is 0 Å². The first-order valence-electron chi connectivity index (χ1n) is 25.1. The second-order valence-electron chi connectivity index (χ2n) is 17.1. The quantitative estimate of drug-likeness (QED) is 0.0211. The van der Waals surface area contributed by atoms with Gasteiger partial charge in [-0.05, 0) is 63.5 Å². The van der Waals surface area contributed by atoms with Gasteiger partial charge in [-0.15, -0.1) is 0 Å². The smallest absolute Gasteiger partial charge is 0.744 e. The van der Waals surface area contributed by atoms with Crippen LogP contribution in [0.15, 0.2) is 47.4 Å². The van der Waals surface area contributed by atoms with Crippen LogP contribution in [0.25, 0.3) is 0 Å². The third-order valence-corrected chi connectivity index (χ3v) is 12.4. The standard InChI is InChI=1S/C52H90O7S.Na/c1-3-5-7-9-11-13-15-17-19-21-23-25-27-29-31-33-35-37-39-41-46-58-51(53)48-44-43-45-49(60(55,56)57)50(48)52(54)59-47-42-40-38-36-34-32-30-28-26-24-22-20-18-16-14-12-10-8-6-4-2;/h35-38,43-45H,3-34,39-42,46-47H2,1-2H3,(H,55,56,57);/q;+1/p-1/b37-35+,38-36+;. The summed E-state index contributed by atoms with van der Waals surface area (Å²) in [4.78, 5) is 25.2. The summed E-state index contributed by atoms with van der Waals surface area (Å²) in [5, 5.41) is 0. The number of carbonyl (C=O) groups excluding carboxylic acids is 2. The van der Waals surface area contributed by atoms with E-state index in [0.29, 0.717) is 19.3 Å². The third-order valence-electron chi connectivity index (χ3n) is 11.5. The Hall–Kier alpha value is -1.45. The van der Waals surface area contributed by atoms with Gasteiger partial charge in [-0.25, -0.2) is 18.0 Å². The molecule has 9 heteroatoms. The zero-order chi connectivity index (χ0) is 43.6. The van der Waals surface area contributed by atoms with Crippen molar-refractivity contribution in [3.8, 4) is 0 Å². The number of benzene rings is 1. The summed E-state index contributed by atoms with van der Waals surface area (Å²) in [5.74, 6) is -1.86. The number of esters is 2. The van der Waals surface area contributed by atoms with Crippen molar-refractivity contribution in [2.24, 2.45) is 0 Å². The average Bonchev–Trinajstić information content (AvgIpc) is 3.24. The second-order valence-corrected chi connectivity index (χ2v) is 18.5. The van der Waals surface area contributed by atoms with Crippen LogP contribution < -0.4 is 29.6 Å². The summed E-state index contributed by atoms with van der Waals surface area (Å²) < 4.78 is 46.8. The Balaban J connectivity index is 0.0000360. The molecule has 0 aliphatic rings. The van der Waals surface area contributed by atoms with Crippen molar-refractivity contribution in [3.05, 3.63) is 53.6 Å². The van der Waals surface area contributed by atoms with Crippen LogP contribution in [-0.4, -0.2) is 38.1 Å². The van der Waals surface area contributed by atoms with Crippen molar-refractivity contribution in [1.29, 1.82) is 0 Å². The number of ether oxygens (including phenoxy) is 2. The van der Waals surface area contributed by atoms with Gasteiger partial charge < -0.3 is 14.0 Å². The van der Waals surface area contributed by atoms with Gasteiger partial charge in [0.1, 0.15) is 10.1 Å². The van der Waals surface area contributed by atoms with Gasteiger partial charge in [-0.3, -0.25) is 0 Å². The van der Waals surface area contributed by atoms with E-state index in [1.807, 2.05) is 0 Å². The van der Waals surface area contributed by atoms with Crippen LogP contribution in [-0.2, 0) is 19.6 Å². The van der Waals surface area contributed by atoms with E-state index < -0.39 is 32.5 Å². The van der Waals surface area contributed by atoms with Crippen molar-refractivity contribution in [1.82, 2.24) is 0 Å². The zero-order valence-electron chi connectivity index (χ0n) is 39.7. The molecular formula is C52H89NaO7S. The molecule has 0 saturated carbocycles. The fraction of sp³-hybridized carbons (Fsp3) is 0.769. The fourth-order valence-corrected chi connectivity index (χ4v) is 8.43. The van der Waals surface area contributed by atoms with Gasteiger partial charge in [-0.2, -0.15) is 0 Å². The largest absolute Gasteiger partial charge is 1.00 e. The topological polar surface area (TPSA) is 110 Å². The van der Waals surface area contributed by atoms with Crippen molar-refractivity contribution in [3.63, 3.8) is 0 Å². The number of allylic oxidation sites excluding steroid dienone is 4. The predicted octanol–water partition coefficient (Wildman–Crippen LogP) is 13.1. The van der Waals surface area contributed by atoms with Gasteiger partial charge in [0.2, 0.25) is 0 Å². The predicted molar refractivity (Wildman–Crippen MR) is 251 cm³/mol. The molecular weight excluding hydrogens is 792 g/mol. The molecule has 1 rings (SSSR count).